The van der Waals surface area contributed by atoms with E-state index >= 15 is 0 Å². The second-order valence-electron chi connectivity index (χ2n) is 4.52. The van der Waals surface area contributed by atoms with Gasteiger partial charge in [0.2, 0.25) is 0 Å². The van der Waals surface area contributed by atoms with Gasteiger partial charge in [-0.15, -0.1) is 0 Å². The molecule has 2 aromatic rings. The zero-order valence-corrected chi connectivity index (χ0v) is 11.5. The van der Waals surface area contributed by atoms with Crippen molar-refractivity contribution in [3.63, 3.8) is 0 Å². The van der Waals surface area contributed by atoms with Gasteiger partial charge in [0, 0.05) is 31.0 Å². The summed E-state index contributed by atoms with van der Waals surface area (Å²) in [4.78, 5) is 2.24. The number of nitriles is 1. The second-order valence-corrected chi connectivity index (χ2v) is 4.52. The van der Waals surface area contributed by atoms with E-state index in [1.54, 1.807) is 0 Å². The van der Waals surface area contributed by atoms with Crippen molar-refractivity contribution in [3.8, 4) is 6.07 Å². The molecule has 2 rings (SSSR count). The van der Waals surface area contributed by atoms with Gasteiger partial charge in [-0.25, -0.2) is 0 Å². The lowest BCUT2D eigenvalue weighted by molar-refractivity contribution is 0.803. The van der Waals surface area contributed by atoms with Crippen LogP contribution in [0.25, 0.3) is 0 Å². The first-order chi connectivity index (χ1) is 9.90. The molecule has 1 N–H and O–H groups in total. The molecule has 3 nitrogen and oxygen atoms in total. The highest BCUT2D eigenvalue weighted by atomic mass is 15.1. The van der Waals surface area contributed by atoms with Gasteiger partial charge in [-0.2, -0.15) is 5.26 Å². The highest BCUT2D eigenvalue weighted by molar-refractivity contribution is 5.47. The molecule has 0 amide bonds. The molecule has 0 aliphatic carbocycles. The molecule has 0 fully saturated rings. The summed E-state index contributed by atoms with van der Waals surface area (Å²) < 4.78 is 0. The normalized spacial score (nSPS) is 9.75. The molecule has 2 aromatic carbocycles. The lowest BCUT2D eigenvalue weighted by atomic mass is 10.2. The molecule has 20 heavy (non-hydrogen) atoms. The third-order valence-corrected chi connectivity index (χ3v) is 3.10. The van der Waals surface area contributed by atoms with Crippen molar-refractivity contribution in [3.05, 3.63) is 60.7 Å². The second kappa shape index (κ2) is 7.85. The van der Waals surface area contributed by atoms with Gasteiger partial charge in [0.15, 0.2) is 0 Å². The van der Waals surface area contributed by atoms with Gasteiger partial charge in [-0.1, -0.05) is 36.4 Å². The van der Waals surface area contributed by atoms with E-state index in [1.165, 1.54) is 0 Å². The van der Waals surface area contributed by atoms with Gasteiger partial charge in [-0.3, -0.25) is 0 Å². The molecule has 0 saturated carbocycles. The van der Waals surface area contributed by atoms with Gasteiger partial charge in [0.1, 0.15) is 0 Å². The summed E-state index contributed by atoms with van der Waals surface area (Å²) in [6.07, 6.45) is 0.542. The molecule has 3 heteroatoms. The van der Waals surface area contributed by atoms with Crippen molar-refractivity contribution in [1.29, 1.82) is 5.26 Å². The standard InChI is InChI=1S/C17H19N3/c18-12-7-14-20(17-10-5-2-6-11-17)15-13-19-16-8-3-1-4-9-16/h1-6,8-11,19H,7,13-15H2. The Balaban J connectivity index is 1.90. The average Bonchev–Trinajstić information content (AvgIpc) is 2.52. The zero-order valence-electron chi connectivity index (χ0n) is 11.5. The van der Waals surface area contributed by atoms with Crippen molar-refractivity contribution in [1.82, 2.24) is 0 Å². The molecule has 0 heterocycles. The van der Waals surface area contributed by atoms with Crippen molar-refractivity contribution in [2.24, 2.45) is 0 Å². The first-order valence-electron chi connectivity index (χ1n) is 6.86. The van der Waals surface area contributed by atoms with Gasteiger partial charge in [0.05, 0.1) is 12.5 Å². The SMILES string of the molecule is N#CCCN(CCNc1ccccc1)c1ccccc1. The third kappa shape index (κ3) is 4.33. The summed E-state index contributed by atoms with van der Waals surface area (Å²) in [5.74, 6) is 0. The maximum atomic E-state index is 8.77. The van der Waals surface area contributed by atoms with Crippen molar-refractivity contribution >= 4 is 11.4 Å². The Morgan fingerprint density at radius 3 is 2.20 bits per heavy atom. The third-order valence-electron chi connectivity index (χ3n) is 3.10. The number of benzene rings is 2. The Kier molecular flexibility index (Phi) is 5.48. The van der Waals surface area contributed by atoms with Crippen LogP contribution in [0.2, 0.25) is 0 Å². The lowest BCUT2D eigenvalue weighted by Gasteiger charge is -2.24. The van der Waals surface area contributed by atoms with E-state index in [-0.39, 0.29) is 0 Å². The Morgan fingerprint density at radius 1 is 0.900 bits per heavy atom. The van der Waals surface area contributed by atoms with Crippen LogP contribution in [0.3, 0.4) is 0 Å². The van der Waals surface area contributed by atoms with Crippen LogP contribution in [-0.4, -0.2) is 19.6 Å². The zero-order chi connectivity index (χ0) is 14.0. The number of hydrogen-bond donors (Lipinski definition) is 1. The van der Waals surface area contributed by atoms with E-state index in [4.69, 9.17) is 5.26 Å². The fraction of sp³-hybridized carbons (Fsp3) is 0.235. The van der Waals surface area contributed by atoms with Crippen LogP contribution in [0.5, 0.6) is 0 Å². The van der Waals surface area contributed by atoms with Crippen LogP contribution in [0.4, 0.5) is 11.4 Å². The first-order valence-corrected chi connectivity index (χ1v) is 6.86. The van der Waals surface area contributed by atoms with Crippen LogP contribution in [0.1, 0.15) is 6.42 Å². The predicted molar refractivity (Wildman–Crippen MR) is 83.8 cm³/mol. The van der Waals surface area contributed by atoms with E-state index in [9.17, 15) is 0 Å². The molecule has 102 valence electrons. The molecular formula is C17H19N3. The minimum Gasteiger partial charge on any atom is -0.383 e. The first kappa shape index (κ1) is 14.0. The van der Waals surface area contributed by atoms with Crippen LogP contribution >= 0.6 is 0 Å². The van der Waals surface area contributed by atoms with Crippen LogP contribution in [0.15, 0.2) is 60.7 Å². The summed E-state index contributed by atoms with van der Waals surface area (Å²) in [5.41, 5.74) is 2.29. The van der Waals surface area contributed by atoms with Crippen molar-refractivity contribution in [2.75, 3.05) is 29.9 Å². The molecular weight excluding hydrogens is 246 g/mol. The smallest absolute Gasteiger partial charge is 0.0640 e. The van der Waals surface area contributed by atoms with Crippen LogP contribution < -0.4 is 10.2 Å². The number of hydrogen-bond acceptors (Lipinski definition) is 3. The molecule has 0 atom stereocenters. The molecule has 0 saturated heterocycles. The van der Waals surface area contributed by atoms with E-state index < -0.39 is 0 Å². The lowest BCUT2D eigenvalue weighted by Crippen LogP contribution is -2.29. The molecule has 0 aliphatic heterocycles. The molecule has 0 spiro atoms. The highest BCUT2D eigenvalue weighted by Crippen LogP contribution is 2.13. The van der Waals surface area contributed by atoms with Crippen molar-refractivity contribution < 1.29 is 0 Å². The van der Waals surface area contributed by atoms with Crippen molar-refractivity contribution in [2.45, 2.75) is 6.42 Å². The highest BCUT2D eigenvalue weighted by Gasteiger charge is 2.05. The number of anilines is 2. The topological polar surface area (TPSA) is 39.1 Å². The Hall–Kier alpha value is -2.47. The van der Waals surface area contributed by atoms with E-state index in [1.807, 2.05) is 36.4 Å². The van der Waals surface area contributed by atoms with Gasteiger partial charge < -0.3 is 10.2 Å². The van der Waals surface area contributed by atoms with E-state index in [0.29, 0.717) is 6.42 Å². The number of rotatable bonds is 7. The molecule has 0 aliphatic rings. The Morgan fingerprint density at radius 2 is 1.55 bits per heavy atom. The maximum absolute atomic E-state index is 8.77. The Bertz CT molecular complexity index is 531. The summed E-state index contributed by atoms with van der Waals surface area (Å²) in [6, 6.07) is 22.6. The van der Waals surface area contributed by atoms with Gasteiger partial charge in [-0.05, 0) is 24.3 Å². The summed E-state index contributed by atoms with van der Waals surface area (Å²) in [5, 5.41) is 12.2. The number of nitrogens with one attached hydrogen (secondary N) is 1. The number of para-hydroxylation sites is 2. The molecule has 0 bridgehead atoms. The molecule has 0 unspecified atom stereocenters. The summed E-state index contributed by atoms with van der Waals surface area (Å²) in [6.45, 7) is 2.49. The summed E-state index contributed by atoms with van der Waals surface area (Å²) in [7, 11) is 0. The molecule has 0 aromatic heterocycles. The fourth-order valence-electron chi connectivity index (χ4n) is 2.08. The minimum absolute atomic E-state index is 0.542. The van der Waals surface area contributed by atoms with Crippen LogP contribution in [0, 0.1) is 11.3 Å². The fourth-order valence-corrected chi connectivity index (χ4v) is 2.08. The van der Waals surface area contributed by atoms with E-state index in [0.717, 1.165) is 31.0 Å². The van der Waals surface area contributed by atoms with Gasteiger partial charge in [0.25, 0.3) is 0 Å². The molecule has 0 radical (unpaired) electrons. The quantitative estimate of drug-likeness (QED) is 0.832. The van der Waals surface area contributed by atoms with E-state index in [2.05, 4.69) is 40.6 Å². The minimum atomic E-state index is 0.542. The monoisotopic (exact) mass is 265 g/mol. The summed E-state index contributed by atoms with van der Waals surface area (Å²) >= 11 is 0. The number of nitrogens with zero attached hydrogens (tertiary/aromatic N) is 2. The Labute approximate surface area is 120 Å². The van der Waals surface area contributed by atoms with Gasteiger partial charge >= 0.3 is 0 Å². The maximum Gasteiger partial charge on any atom is 0.0640 e. The van der Waals surface area contributed by atoms with Crippen LogP contribution in [-0.2, 0) is 0 Å². The largest absolute Gasteiger partial charge is 0.383 e. The predicted octanol–water partition coefficient (Wildman–Crippen LogP) is 3.52. The average molecular weight is 265 g/mol.